The van der Waals surface area contributed by atoms with E-state index in [1.807, 2.05) is 19.9 Å². The van der Waals surface area contributed by atoms with Crippen LogP contribution in [0.15, 0.2) is 18.2 Å². The number of rotatable bonds is 19. The molecule has 0 unspecified atom stereocenters. The number of unbranched alkanes of at least 4 members (excludes halogenated alkanes) is 3. The molecule has 0 radical (unpaired) electrons. The quantitative estimate of drug-likeness (QED) is 0.215. The second-order valence-electron chi connectivity index (χ2n) is 11.7. The lowest BCUT2D eigenvalue weighted by atomic mass is 9.65. The van der Waals surface area contributed by atoms with E-state index < -0.39 is 11.0 Å². The van der Waals surface area contributed by atoms with Crippen molar-refractivity contribution in [1.29, 1.82) is 0 Å². The molecule has 0 heterocycles. The number of aryl methyl sites for hydroxylation is 1. The van der Waals surface area contributed by atoms with Gasteiger partial charge in [0.2, 0.25) is 11.8 Å². The molecule has 1 aromatic rings. The van der Waals surface area contributed by atoms with Crippen molar-refractivity contribution in [3.05, 3.63) is 23.8 Å². The summed E-state index contributed by atoms with van der Waals surface area (Å²) in [5.41, 5.74) is 0.321. The highest BCUT2D eigenvalue weighted by molar-refractivity contribution is 5.83. The van der Waals surface area contributed by atoms with Crippen molar-refractivity contribution in [1.82, 2.24) is 10.6 Å². The lowest BCUT2D eigenvalue weighted by molar-refractivity contribution is -0.138. The Balaban J connectivity index is 2.64. The van der Waals surface area contributed by atoms with Gasteiger partial charge in [0.05, 0.1) is 24.7 Å². The van der Waals surface area contributed by atoms with Gasteiger partial charge in [-0.25, -0.2) is 0 Å². The fourth-order valence-corrected chi connectivity index (χ4v) is 5.34. The third kappa shape index (κ3) is 10.8. The minimum atomic E-state index is -0.489. The summed E-state index contributed by atoms with van der Waals surface area (Å²) in [6, 6.07) is 6.17. The van der Waals surface area contributed by atoms with Crippen molar-refractivity contribution in [3.8, 4) is 11.5 Å². The van der Waals surface area contributed by atoms with Gasteiger partial charge in [0.25, 0.3) is 0 Å². The van der Waals surface area contributed by atoms with Crippen LogP contribution in [0.2, 0.25) is 0 Å². The number of benzene rings is 1. The molecule has 1 rings (SSSR count). The number of nitrogens with one attached hydrogen (secondary N) is 2. The van der Waals surface area contributed by atoms with Crippen LogP contribution in [-0.2, 0) is 20.7 Å². The van der Waals surface area contributed by atoms with Crippen LogP contribution in [0.3, 0.4) is 0 Å². The Kier molecular flexibility index (Phi) is 14.8. The maximum absolute atomic E-state index is 13.5. The van der Waals surface area contributed by atoms with Crippen LogP contribution in [-0.4, -0.2) is 51.3 Å². The third-order valence-electron chi connectivity index (χ3n) is 7.47. The van der Waals surface area contributed by atoms with E-state index in [0.717, 1.165) is 56.4 Å². The Morgan fingerprint density at radius 2 is 1.55 bits per heavy atom. The predicted molar refractivity (Wildman–Crippen MR) is 155 cm³/mol. The standard InChI is InChI=1S/C31H54N2O5/c1-23(2)31(24(3)4,29(35)32-22-30(6,7)33-25(5)34)18-13-11-10-12-15-26-16-17-27(37-9)28(21-26)38-20-14-19-36-8/h16-17,21,23-24H,10-15,18-20,22H2,1-9H3,(H,32,35)(H,33,34). The molecule has 0 saturated heterocycles. The van der Waals surface area contributed by atoms with Crippen LogP contribution in [0.1, 0.15) is 92.6 Å². The van der Waals surface area contributed by atoms with Crippen molar-refractivity contribution in [3.63, 3.8) is 0 Å². The molecule has 0 bridgehead atoms. The van der Waals surface area contributed by atoms with Gasteiger partial charge in [0, 0.05) is 33.6 Å². The highest BCUT2D eigenvalue weighted by Gasteiger charge is 2.43. The number of ether oxygens (including phenoxy) is 3. The molecule has 0 aromatic heterocycles. The normalized spacial score (nSPS) is 12.1. The minimum absolute atomic E-state index is 0.0938. The van der Waals surface area contributed by atoms with Gasteiger partial charge in [0.15, 0.2) is 11.5 Å². The molecule has 0 atom stereocenters. The molecule has 218 valence electrons. The van der Waals surface area contributed by atoms with Gasteiger partial charge >= 0.3 is 0 Å². The Hall–Kier alpha value is -2.28. The molecule has 1 aromatic carbocycles. The van der Waals surface area contributed by atoms with Crippen molar-refractivity contribution in [2.75, 3.05) is 34.0 Å². The molecule has 0 aliphatic carbocycles. The third-order valence-corrected chi connectivity index (χ3v) is 7.47. The molecule has 0 saturated carbocycles. The molecule has 0 spiro atoms. The summed E-state index contributed by atoms with van der Waals surface area (Å²) in [4.78, 5) is 25.0. The molecular formula is C31H54N2O5. The first-order valence-corrected chi connectivity index (χ1v) is 14.2. The number of hydrogen-bond donors (Lipinski definition) is 2. The van der Waals surface area contributed by atoms with Gasteiger partial charge in [-0.15, -0.1) is 0 Å². The van der Waals surface area contributed by atoms with Gasteiger partial charge in [-0.3, -0.25) is 9.59 Å². The maximum atomic E-state index is 13.5. The molecule has 7 nitrogen and oxygen atoms in total. The Morgan fingerprint density at radius 3 is 2.13 bits per heavy atom. The first kappa shape index (κ1) is 33.7. The van der Waals surface area contributed by atoms with Crippen LogP contribution in [0.25, 0.3) is 0 Å². The molecule has 2 amide bonds. The molecule has 0 aliphatic rings. The largest absolute Gasteiger partial charge is 0.493 e. The van der Waals surface area contributed by atoms with E-state index in [0.29, 0.717) is 19.8 Å². The summed E-state index contributed by atoms with van der Waals surface area (Å²) in [6.45, 7) is 15.6. The highest BCUT2D eigenvalue weighted by atomic mass is 16.5. The van der Waals surface area contributed by atoms with E-state index in [2.05, 4.69) is 50.5 Å². The Bertz CT molecular complexity index is 843. The van der Waals surface area contributed by atoms with Crippen molar-refractivity contribution >= 4 is 11.8 Å². The van der Waals surface area contributed by atoms with Gasteiger partial charge in [-0.2, -0.15) is 0 Å². The lowest BCUT2D eigenvalue weighted by Gasteiger charge is -2.41. The first-order chi connectivity index (χ1) is 17.9. The van der Waals surface area contributed by atoms with E-state index in [-0.39, 0.29) is 23.7 Å². The lowest BCUT2D eigenvalue weighted by Crippen LogP contribution is -2.55. The van der Waals surface area contributed by atoms with Crippen LogP contribution in [0, 0.1) is 17.3 Å². The Morgan fingerprint density at radius 1 is 0.895 bits per heavy atom. The van der Waals surface area contributed by atoms with E-state index in [1.165, 1.54) is 12.5 Å². The van der Waals surface area contributed by atoms with Crippen LogP contribution in [0.4, 0.5) is 0 Å². The SMILES string of the molecule is COCCCOc1cc(CCCCCCC(C(=O)NCC(C)(C)NC(C)=O)(C(C)C)C(C)C)ccc1OC. The molecule has 7 heteroatoms. The zero-order valence-corrected chi connectivity index (χ0v) is 25.5. The van der Waals surface area contributed by atoms with Crippen LogP contribution < -0.4 is 20.1 Å². The highest BCUT2D eigenvalue weighted by Crippen LogP contribution is 2.41. The zero-order valence-electron chi connectivity index (χ0n) is 25.5. The molecular weight excluding hydrogens is 480 g/mol. The summed E-state index contributed by atoms with van der Waals surface area (Å²) in [7, 11) is 3.36. The van der Waals surface area contributed by atoms with Crippen LogP contribution >= 0.6 is 0 Å². The van der Waals surface area contributed by atoms with Gasteiger partial charge in [-0.05, 0) is 62.6 Å². The van der Waals surface area contributed by atoms with Crippen LogP contribution in [0.5, 0.6) is 11.5 Å². The molecule has 2 N–H and O–H groups in total. The van der Waals surface area contributed by atoms with E-state index in [4.69, 9.17) is 14.2 Å². The Labute approximate surface area is 231 Å². The maximum Gasteiger partial charge on any atom is 0.226 e. The summed E-state index contributed by atoms with van der Waals surface area (Å²) < 4.78 is 16.5. The summed E-state index contributed by atoms with van der Waals surface area (Å²) >= 11 is 0. The van der Waals surface area contributed by atoms with Crippen molar-refractivity contribution in [2.45, 2.75) is 99.0 Å². The number of amides is 2. The second-order valence-corrected chi connectivity index (χ2v) is 11.7. The van der Waals surface area contributed by atoms with Gasteiger partial charge in [-0.1, -0.05) is 53.0 Å². The van der Waals surface area contributed by atoms with Gasteiger partial charge in [0.1, 0.15) is 0 Å². The first-order valence-electron chi connectivity index (χ1n) is 14.2. The van der Waals surface area contributed by atoms with Gasteiger partial charge < -0.3 is 24.8 Å². The van der Waals surface area contributed by atoms with Crippen molar-refractivity contribution in [2.24, 2.45) is 17.3 Å². The van der Waals surface area contributed by atoms with E-state index in [9.17, 15) is 9.59 Å². The fourth-order valence-electron chi connectivity index (χ4n) is 5.34. The minimum Gasteiger partial charge on any atom is -0.493 e. The van der Waals surface area contributed by atoms with Crippen molar-refractivity contribution < 1.29 is 23.8 Å². The number of carbonyl (C=O) groups is 2. The van der Waals surface area contributed by atoms with E-state index >= 15 is 0 Å². The van der Waals surface area contributed by atoms with E-state index in [1.54, 1.807) is 14.2 Å². The summed E-state index contributed by atoms with van der Waals surface area (Å²) in [5.74, 6) is 1.97. The summed E-state index contributed by atoms with van der Waals surface area (Å²) in [6.07, 6.45) is 6.97. The molecule has 0 fully saturated rings. The second kappa shape index (κ2) is 16.6. The summed E-state index contributed by atoms with van der Waals surface area (Å²) in [5, 5.41) is 6.07. The average molecular weight is 535 g/mol. The fraction of sp³-hybridized carbons (Fsp3) is 0.742. The topological polar surface area (TPSA) is 85.9 Å². The predicted octanol–water partition coefficient (Wildman–Crippen LogP) is 5.93. The number of carbonyl (C=O) groups excluding carboxylic acids is 2. The average Bonchev–Trinajstić information content (AvgIpc) is 2.83. The zero-order chi connectivity index (χ0) is 28.8. The smallest absolute Gasteiger partial charge is 0.226 e. The monoisotopic (exact) mass is 534 g/mol. The molecule has 38 heavy (non-hydrogen) atoms. The number of methoxy groups -OCH3 is 2. The number of hydrogen-bond acceptors (Lipinski definition) is 5. The molecule has 0 aliphatic heterocycles.